The highest BCUT2D eigenvalue weighted by molar-refractivity contribution is 7.89. The molecule has 21 heavy (non-hydrogen) atoms. The van der Waals surface area contributed by atoms with Crippen molar-refractivity contribution in [1.29, 1.82) is 0 Å². The molecule has 9 nitrogen and oxygen atoms in total. The molecular formula is C11H16N6O3S. The molecule has 1 saturated carbocycles. The van der Waals surface area contributed by atoms with Crippen LogP contribution in [-0.2, 0) is 21.3 Å². The van der Waals surface area contributed by atoms with E-state index in [1.807, 2.05) is 13.8 Å². The maximum Gasteiger partial charge on any atom is 0.241 e. The van der Waals surface area contributed by atoms with E-state index in [4.69, 9.17) is 4.52 Å². The smallest absolute Gasteiger partial charge is 0.241 e. The van der Waals surface area contributed by atoms with Gasteiger partial charge in [0.2, 0.25) is 5.89 Å². The second-order valence-electron chi connectivity index (χ2n) is 5.50. The van der Waals surface area contributed by atoms with Crippen LogP contribution in [0, 0.1) is 0 Å². The van der Waals surface area contributed by atoms with Gasteiger partial charge >= 0.3 is 0 Å². The number of sulfone groups is 1. The van der Waals surface area contributed by atoms with Crippen LogP contribution in [0.4, 0.5) is 0 Å². The molecular weight excluding hydrogens is 296 g/mol. The highest BCUT2D eigenvalue weighted by Crippen LogP contribution is 2.34. The molecule has 1 aliphatic rings. The van der Waals surface area contributed by atoms with Crippen LogP contribution in [0.25, 0.3) is 0 Å². The van der Waals surface area contributed by atoms with Gasteiger partial charge in [-0.25, -0.2) is 13.1 Å². The van der Waals surface area contributed by atoms with Crippen LogP contribution in [0.3, 0.4) is 0 Å². The molecule has 1 fully saturated rings. The molecule has 0 saturated heterocycles. The minimum atomic E-state index is -3.46. The summed E-state index contributed by atoms with van der Waals surface area (Å²) in [6.07, 6.45) is 1.97. The van der Waals surface area contributed by atoms with E-state index in [0.717, 1.165) is 12.8 Å². The van der Waals surface area contributed by atoms with Gasteiger partial charge in [-0.1, -0.05) is 19.0 Å². The summed E-state index contributed by atoms with van der Waals surface area (Å²) in [6.45, 7) is 3.82. The van der Waals surface area contributed by atoms with Gasteiger partial charge in [0, 0.05) is 5.92 Å². The van der Waals surface area contributed by atoms with Crippen molar-refractivity contribution in [3.8, 4) is 0 Å². The van der Waals surface area contributed by atoms with Crippen LogP contribution < -0.4 is 0 Å². The molecule has 0 unspecified atom stereocenters. The molecule has 10 heteroatoms. The zero-order chi connectivity index (χ0) is 15.0. The molecule has 0 atom stereocenters. The average Bonchev–Trinajstić information content (AvgIpc) is 2.95. The molecule has 0 aromatic carbocycles. The Labute approximate surface area is 121 Å². The third kappa shape index (κ3) is 3.26. The highest BCUT2D eigenvalue weighted by atomic mass is 32.2. The summed E-state index contributed by atoms with van der Waals surface area (Å²) in [5, 5.41) is 14.9. The van der Waals surface area contributed by atoms with E-state index in [2.05, 4.69) is 25.7 Å². The van der Waals surface area contributed by atoms with Crippen molar-refractivity contribution in [2.24, 2.45) is 0 Å². The highest BCUT2D eigenvalue weighted by Gasteiger charge is 2.30. The van der Waals surface area contributed by atoms with Crippen LogP contribution in [0.2, 0.25) is 0 Å². The third-order valence-electron chi connectivity index (χ3n) is 3.15. The second-order valence-corrected chi connectivity index (χ2v) is 7.57. The number of aromatic nitrogens is 6. The average molecular weight is 312 g/mol. The first-order valence-electron chi connectivity index (χ1n) is 6.74. The van der Waals surface area contributed by atoms with Gasteiger partial charge in [-0.15, -0.1) is 5.10 Å². The van der Waals surface area contributed by atoms with E-state index in [1.54, 1.807) is 4.68 Å². The molecule has 1 aliphatic carbocycles. The molecule has 2 aromatic heterocycles. The van der Waals surface area contributed by atoms with Gasteiger partial charge in [0.25, 0.3) is 0 Å². The number of rotatable bonds is 6. The van der Waals surface area contributed by atoms with E-state index in [-0.39, 0.29) is 29.4 Å². The monoisotopic (exact) mass is 312 g/mol. The minimum absolute atomic E-state index is 0.0902. The van der Waals surface area contributed by atoms with Gasteiger partial charge in [0.15, 0.2) is 21.5 Å². The van der Waals surface area contributed by atoms with Crippen LogP contribution in [0.5, 0.6) is 0 Å². The summed E-state index contributed by atoms with van der Waals surface area (Å²) < 4.78 is 31.0. The van der Waals surface area contributed by atoms with Gasteiger partial charge in [-0.05, 0) is 23.3 Å². The van der Waals surface area contributed by atoms with E-state index in [9.17, 15) is 8.42 Å². The number of hydrogen-bond donors (Lipinski definition) is 0. The maximum absolute atomic E-state index is 12.2. The zero-order valence-corrected chi connectivity index (χ0v) is 12.6. The van der Waals surface area contributed by atoms with Crippen molar-refractivity contribution in [1.82, 2.24) is 30.3 Å². The Morgan fingerprint density at radius 3 is 2.71 bits per heavy atom. The van der Waals surface area contributed by atoms with Gasteiger partial charge in [0.1, 0.15) is 11.5 Å². The second kappa shape index (κ2) is 5.17. The largest absolute Gasteiger partial charge is 0.338 e. The van der Waals surface area contributed by atoms with E-state index < -0.39 is 9.84 Å². The van der Waals surface area contributed by atoms with Crippen LogP contribution in [-0.4, -0.2) is 38.8 Å². The van der Waals surface area contributed by atoms with Crippen molar-refractivity contribution >= 4 is 9.84 Å². The van der Waals surface area contributed by atoms with E-state index in [1.165, 1.54) is 0 Å². The Balaban J connectivity index is 1.72. The zero-order valence-electron chi connectivity index (χ0n) is 11.8. The summed E-state index contributed by atoms with van der Waals surface area (Å²) in [4.78, 5) is 4.08. The van der Waals surface area contributed by atoms with Crippen LogP contribution >= 0.6 is 0 Å². The summed E-state index contributed by atoms with van der Waals surface area (Å²) in [6, 6.07) is 0.237. The standard InChI is InChI=1S/C11H16N6O3S/c1-7(2)11-12-10(20-14-11)6-21(18,19)5-9-13-15-16-17(9)8-3-4-8/h7-8H,3-6H2,1-2H3. The predicted molar refractivity (Wildman–Crippen MR) is 70.8 cm³/mol. The fraction of sp³-hybridized carbons (Fsp3) is 0.727. The number of nitrogens with zero attached hydrogens (tertiary/aromatic N) is 6. The molecule has 0 spiro atoms. The summed E-state index contributed by atoms with van der Waals surface area (Å²) >= 11 is 0. The van der Waals surface area contributed by atoms with E-state index >= 15 is 0 Å². The SMILES string of the molecule is CC(C)c1noc(CS(=O)(=O)Cc2nnnn2C2CC2)n1. The first kappa shape index (κ1) is 14.1. The summed E-state index contributed by atoms with van der Waals surface area (Å²) in [5.41, 5.74) is 0. The fourth-order valence-corrected chi connectivity index (χ4v) is 3.09. The molecule has 3 rings (SSSR count). The molecule has 0 aliphatic heterocycles. The topological polar surface area (TPSA) is 117 Å². The summed E-state index contributed by atoms with van der Waals surface area (Å²) in [7, 11) is -3.46. The Morgan fingerprint density at radius 2 is 2.10 bits per heavy atom. The molecule has 0 N–H and O–H groups in total. The molecule has 0 radical (unpaired) electrons. The maximum atomic E-state index is 12.2. The Bertz CT molecular complexity index is 731. The van der Waals surface area contributed by atoms with Crippen molar-refractivity contribution in [2.45, 2.75) is 50.2 Å². The van der Waals surface area contributed by atoms with Crippen molar-refractivity contribution in [2.75, 3.05) is 0 Å². The molecule has 0 amide bonds. The van der Waals surface area contributed by atoms with Crippen molar-refractivity contribution in [3.63, 3.8) is 0 Å². The summed E-state index contributed by atoms with van der Waals surface area (Å²) in [5.74, 6) is 0.528. The van der Waals surface area contributed by atoms with Gasteiger partial charge in [0.05, 0.1) is 6.04 Å². The quantitative estimate of drug-likeness (QED) is 0.762. The normalized spacial score (nSPS) is 15.8. The lowest BCUT2D eigenvalue weighted by Gasteiger charge is -2.02. The van der Waals surface area contributed by atoms with Gasteiger partial charge in [-0.3, -0.25) is 0 Å². The Hall–Kier alpha value is -1.84. The predicted octanol–water partition coefficient (Wildman–Crippen LogP) is 0.629. The Morgan fingerprint density at radius 1 is 1.33 bits per heavy atom. The van der Waals surface area contributed by atoms with Gasteiger partial charge < -0.3 is 4.52 Å². The Kier molecular flexibility index (Phi) is 3.47. The first-order valence-corrected chi connectivity index (χ1v) is 8.56. The van der Waals surface area contributed by atoms with Crippen molar-refractivity contribution in [3.05, 3.63) is 17.5 Å². The molecule has 0 bridgehead atoms. The lowest BCUT2D eigenvalue weighted by Crippen LogP contribution is -2.13. The lowest BCUT2D eigenvalue weighted by molar-refractivity contribution is 0.380. The first-order chi connectivity index (χ1) is 9.94. The lowest BCUT2D eigenvalue weighted by atomic mass is 10.2. The fourth-order valence-electron chi connectivity index (χ4n) is 1.91. The number of hydrogen-bond acceptors (Lipinski definition) is 8. The van der Waals surface area contributed by atoms with Crippen LogP contribution in [0.15, 0.2) is 4.52 Å². The van der Waals surface area contributed by atoms with Crippen molar-refractivity contribution < 1.29 is 12.9 Å². The van der Waals surface area contributed by atoms with E-state index in [0.29, 0.717) is 11.6 Å². The molecule has 2 heterocycles. The molecule has 114 valence electrons. The number of tetrazole rings is 1. The third-order valence-corrected chi connectivity index (χ3v) is 4.53. The van der Waals surface area contributed by atoms with Crippen LogP contribution in [0.1, 0.15) is 56.2 Å². The molecule has 2 aromatic rings. The van der Waals surface area contributed by atoms with Gasteiger partial charge in [-0.2, -0.15) is 4.98 Å². The minimum Gasteiger partial charge on any atom is -0.338 e.